The van der Waals surface area contributed by atoms with Gasteiger partial charge in [-0.25, -0.2) is 10.8 Å². The van der Waals surface area contributed by atoms with Gasteiger partial charge in [0, 0.05) is 5.69 Å². The predicted molar refractivity (Wildman–Crippen MR) is 51.0 cm³/mol. The lowest BCUT2D eigenvalue weighted by molar-refractivity contribution is 1.07. The van der Waals surface area contributed by atoms with Crippen molar-refractivity contribution in [3.63, 3.8) is 0 Å². The summed E-state index contributed by atoms with van der Waals surface area (Å²) >= 11 is 0. The van der Waals surface area contributed by atoms with Gasteiger partial charge in [0.25, 0.3) is 0 Å². The maximum absolute atomic E-state index is 5.33. The molecule has 1 heterocycles. The van der Waals surface area contributed by atoms with E-state index >= 15 is 0 Å². The minimum atomic E-state index is 0.774. The van der Waals surface area contributed by atoms with E-state index in [0.29, 0.717) is 0 Å². The fourth-order valence-corrected chi connectivity index (χ4v) is 1.21. The van der Waals surface area contributed by atoms with E-state index in [-0.39, 0.29) is 0 Å². The molecule has 12 heavy (non-hydrogen) atoms. The number of hydrogen-bond acceptors (Lipinski definition) is 3. The van der Waals surface area contributed by atoms with Crippen LogP contribution >= 0.6 is 0 Å². The molecule has 3 heteroatoms. The fraction of sp³-hybridized carbons (Fsp3) is 0.444. The highest BCUT2D eigenvalue weighted by Gasteiger charge is 2.06. The Morgan fingerprint density at radius 2 is 1.58 bits per heavy atom. The van der Waals surface area contributed by atoms with Gasteiger partial charge in [0.15, 0.2) is 0 Å². The van der Waals surface area contributed by atoms with Gasteiger partial charge < -0.3 is 5.43 Å². The molecule has 0 amide bonds. The molecule has 0 bridgehead atoms. The average molecular weight is 165 g/mol. The number of pyridine rings is 1. The van der Waals surface area contributed by atoms with Crippen LogP contribution in [0.1, 0.15) is 22.4 Å². The van der Waals surface area contributed by atoms with Gasteiger partial charge in [-0.05, 0) is 44.4 Å². The van der Waals surface area contributed by atoms with E-state index in [2.05, 4.69) is 24.3 Å². The van der Waals surface area contributed by atoms with Crippen LogP contribution in [0.5, 0.6) is 0 Å². The molecule has 0 aliphatic carbocycles. The van der Waals surface area contributed by atoms with Gasteiger partial charge in [0.05, 0.1) is 0 Å². The minimum absolute atomic E-state index is 0.774. The van der Waals surface area contributed by atoms with Crippen LogP contribution in [-0.4, -0.2) is 4.98 Å². The van der Waals surface area contributed by atoms with E-state index in [9.17, 15) is 0 Å². The van der Waals surface area contributed by atoms with Crippen molar-refractivity contribution in [3.8, 4) is 0 Å². The van der Waals surface area contributed by atoms with Gasteiger partial charge in [-0.2, -0.15) is 0 Å². The molecule has 1 rings (SSSR count). The number of nitrogens with one attached hydrogen (secondary N) is 1. The molecular formula is C9H15N3. The first kappa shape index (κ1) is 9.00. The van der Waals surface area contributed by atoms with Crippen LogP contribution < -0.4 is 11.3 Å². The monoisotopic (exact) mass is 165 g/mol. The smallest absolute Gasteiger partial charge is 0.143 e. The lowest BCUT2D eigenvalue weighted by Crippen LogP contribution is -2.12. The highest BCUT2D eigenvalue weighted by molar-refractivity contribution is 5.50. The fourth-order valence-electron chi connectivity index (χ4n) is 1.21. The van der Waals surface area contributed by atoms with Gasteiger partial charge >= 0.3 is 0 Å². The Hall–Kier alpha value is -1.09. The van der Waals surface area contributed by atoms with Gasteiger partial charge in [-0.15, -0.1) is 0 Å². The Labute approximate surface area is 73.0 Å². The molecule has 0 aromatic carbocycles. The summed E-state index contributed by atoms with van der Waals surface area (Å²) < 4.78 is 0. The Morgan fingerprint density at radius 3 is 2.08 bits per heavy atom. The lowest BCUT2D eigenvalue weighted by Gasteiger charge is -2.11. The van der Waals surface area contributed by atoms with Gasteiger partial charge in [-0.3, -0.25) is 0 Å². The molecule has 0 atom stereocenters. The quantitative estimate of drug-likeness (QED) is 0.491. The number of hydrazine groups is 1. The van der Waals surface area contributed by atoms with Crippen LogP contribution in [0, 0.1) is 27.7 Å². The molecule has 0 radical (unpaired) electrons. The third kappa shape index (κ3) is 1.28. The van der Waals surface area contributed by atoms with E-state index < -0.39 is 0 Å². The van der Waals surface area contributed by atoms with Crippen molar-refractivity contribution < 1.29 is 0 Å². The Balaban J connectivity index is 3.39. The van der Waals surface area contributed by atoms with Crippen molar-refractivity contribution in [3.05, 3.63) is 22.4 Å². The predicted octanol–water partition coefficient (Wildman–Crippen LogP) is 1.60. The topological polar surface area (TPSA) is 50.9 Å². The van der Waals surface area contributed by atoms with Crippen LogP contribution in [0.4, 0.5) is 5.82 Å². The van der Waals surface area contributed by atoms with E-state index in [1.165, 1.54) is 11.1 Å². The molecule has 3 nitrogen and oxygen atoms in total. The SMILES string of the molecule is Cc1nc(NN)c(C)c(C)c1C. The molecule has 3 N–H and O–H groups in total. The molecule has 1 aromatic rings. The number of nitrogens with two attached hydrogens (primary N) is 1. The summed E-state index contributed by atoms with van der Waals surface area (Å²) in [4.78, 5) is 4.32. The van der Waals surface area contributed by atoms with E-state index in [1.807, 2.05) is 13.8 Å². The van der Waals surface area contributed by atoms with Crippen molar-refractivity contribution >= 4 is 5.82 Å². The van der Waals surface area contributed by atoms with Crippen molar-refractivity contribution in [2.45, 2.75) is 27.7 Å². The third-order valence-electron chi connectivity index (χ3n) is 2.44. The summed E-state index contributed by atoms with van der Waals surface area (Å²) in [6.45, 7) is 8.16. The summed E-state index contributed by atoms with van der Waals surface area (Å²) in [7, 11) is 0. The Kier molecular flexibility index (Phi) is 2.33. The van der Waals surface area contributed by atoms with E-state index in [1.54, 1.807) is 0 Å². The average Bonchev–Trinajstić information content (AvgIpc) is 2.08. The highest BCUT2D eigenvalue weighted by Crippen LogP contribution is 2.20. The summed E-state index contributed by atoms with van der Waals surface area (Å²) in [6, 6.07) is 0. The molecule has 0 fully saturated rings. The van der Waals surface area contributed by atoms with E-state index in [0.717, 1.165) is 17.1 Å². The van der Waals surface area contributed by atoms with Crippen LogP contribution in [0.3, 0.4) is 0 Å². The number of hydrogen-bond donors (Lipinski definition) is 2. The standard InChI is InChI=1S/C9H15N3/c1-5-6(2)8(4)11-9(12-10)7(5)3/h10H2,1-4H3,(H,11,12). The van der Waals surface area contributed by atoms with Crippen molar-refractivity contribution in [1.82, 2.24) is 4.98 Å². The maximum atomic E-state index is 5.33. The van der Waals surface area contributed by atoms with Crippen molar-refractivity contribution in [2.75, 3.05) is 5.43 Å². The Morgan fingerprint density at radius 1 is 1.00 bits per heavy atom. The van der Waals surface area contributed by atoms with Crippen LogP contribution in [-0.2, 0) is 0 Å². The second-order valence-electron chi connectivity index (χ2n) is 3.07. The minimum Gasteiger partial charge on any atom is -0.308 e. The summed E-state index contributed by atoms with van der Waals surface area (Å²) in [5.74, 6) is 6.10. The zero-order valence-electron chi connectivity index (χ0n) is 8.02. The Bertz CT molecular complexity index is 305. The normalized spacial score (nSPS) is 10.1. The lowest BCUT2D eigenvalue weighted by atomic mass is 10.0. The molecule has 1 aromatic heterocycles. The molecule has 0 aliphatic heterocycles. The zero-order valence-corrected chi connectivity index (χ0v) is 8.02. The molecule has 0 aliphatic rings. The highest BCUT2D eigenvalue weighted by atomic mass is 15.2. The van der Waals surface area contributed by atoms with E-state index in [4.69, 9.17) is 5.84 Å². The molecular weight excluding hydrogens is 150 g/mol. The van der Waals surface area contributed by atoms with Gasteiger partial charge in [-0.1, -0.05) is 0 Å². The van der Waals surface area contributed by atoms with Gasteiger partial charge in [0.1, 0.15) is 5.82 Å². The second kappa shape index (κ2) is 3.11. The van der Waals surface area contributed by atoms with Crippen molar-refractivity contribution in [1.29, 1.82) is 0 Å². The first-order chi connectivity index (χ1) is 5.57. The summed E-state index contributed by atoms with van der Waals surface area (Å²) in [5.41, 5.74) is 7.25. The van der Waals surface area contributed by atoms with Crippen LogP contribution in [0.25, 0.3) is 0 Å². The number of aromatic nitrogens is 1. The molecule has 0 unspecified atom stereocenters. The largest absolute Gasteiger partial charge is 0.308 e. The first-order valence-electron chi connectivity index (χ1n) is 3.99. The van der Waals surface area contributed by atoms with Crippen LogP contribution in [0.2, 0.25) is 0 Å². The molecule has 0 saturated heterocycles. The van der Waals surface area contributed by atoms with Gasteiger partial charge in [0.2, 0.25) is 0 Å². The molecule has 0 saturated carbocycles. The number of nitrogen functional groups attached to an aromatic ring is 1. The first-order valence-corrected chi connectivity index (χ1v) is 3.99. The summed E-state index contributed by atoms with van der Waals surface area (Å²) in [5, 5.41) is 0. The second-order valence-corrected chi connectivity index (χ2v) is 3.07. The third-order valence-corrected chi connectivity index (χ3v) is 2.44. The number of aryl methyl sites for hydroxylation is 1. The molecule has 0 spiro atoms. The molecule has 66 valence electrons. The number of anilines is 1. The van der Waals surface area contributed by atoms with Crippen molar-refractivity contribution in [2.24, 2.45) is 5.84 Å². The summed E-state index contributed by atoms with van der Waals surface area (Å²) in [6.07, 6.45) is 0. The maximum Gasteiger partial charge on any atom is 0.143 e. The zero-order chi connectivity index (χ0) is 9.30. The van der Waals surface area contributed by atoms with Crippen LogP contribution in [0.15, 0.2) is 0 Å². The number of rotatable bonds is 1. The number of nitrogens with zero attached hydrogens (tertiary/aromatic N) is 1.